The van der Waals surface area contributed by atoms with E-state index < -0.39 is 0 Å². The molecule has 0 bridgehead atoms. The van der Waals surface area contributed by atoms with E-state index in [4.69, 9.17) is 0 Å². The fourth-order valence-corrected chi connectivity index (χ4v) is 3.78. The monoisotopic (exact) mass is 287 g/mol. The van der Waals surface area contributed by atoms with Crippen molar-refractivity contribution in [3.05, 3.63) is 35.4 Å². The van der Waals surface area contributed by atoms with Crippen molar-refractivity contribution in [1.29, 1.82) is 0 Å². The van der Waals surface area contributed by atoms with E-state index in [1.165, 1.54) is 44.9 Å². The second-order valence-electron chi connectivity index (χ2n) is 7.36. The van der Waals surface area contributed by atoms with Crippen molar-refractivity contribution >= 4 is 0 Å². The van der Waals surface area contributed by atoms with E-state index in [2.05, 4.69) is 57.3 Å². The fraction of sp³-hybridized carbons (Fsp3) is 0.700. The van der Waals surface area contributed by atoms with E-state index >= 15 is 0 Å². The number of unbranched alkanes of at least 4 members (excludes halogenated alkanes) is 1. The molecular weight excluding hydrogens is 254 g/mol. The van der Waals surface area contributed by atoms with E-state index in [-0.39, 0.29) is 0 Å². The Morgan fingerprint density at radius 3 is 2.62 bits per heavy atom. The summed E-state index contributed by atoms with van der Waals surface area (Å²) in [7, 11) is 0. The number of nitrogens with one attached hydrogen (secondary N) is 1. The molecule has 1 aliphatic carbocycles. The van der Waals surface area contributed by atoms with E-state index in [1.807, 2.05) is 0 Å². The normalized spacial score (nSPS) is 21.8. The van der Waals surface area contributed by atoms with Crippen molar-refractivity contribution in [3.63, 3.8) is 0 Å². The third-order valence-electron chi connectivity index (χ3n) is 5.10. The second-order valence-corrected chi connectivity index (χ2v) is 7.36. The highest BCUT2D eigenvalue weighted by molar-refractivity contribution is 5.38. The lowest BCUT2D eigenvalue weighted by atomic mass is 9.71. The zero-order valence-corrected chi connectivity index (χ0v) is 14.4. The number of hydrogen-bond donors (Lipinski definition) is 1. The van der Waals surface area contributed by atoms with Crippen molar-refractivity contribution < 1.29 is 0 Å². The molecule has 0 radical (unpaired) electrons. The summed E-state index contributed by atoms with van der Waals surface area (Å²) in [6.07, 6.45) is 9.12. The molecule has 1 nitrogen and oxygen atoms in total. The molecule has 1 aromatic carbocycles. The molecule has 0 aliphatic heterocycles. The summed E-state index contributed by atoms with van der Waals surface area (Å²) in [6, 6.07) is 10.3. The minimum absolute atomic E-state index is 0.332. The van der Waals surface area contributed by atoms with Gasteiger partial charge < -0.3 is 5.32 Å². The molecular formula is C20H33N. The summed E-state index contributed by atoms with van der Waals surface area (Å²) >= 11 is 0. The van der Waals surface area contributed by atoms with Crippen LogP contribution in [0, 0.1) is 0 Å². The quantitative estimate of drug-likeness (QED) is 0.673. The van der Waals surface area contributed by atoms with Gasteiger partial charge in [-0.15, -0.1) is 0 Å². The molecule has 1 aromatic rings. The average molecular weight is 287 g/mol. The summed E-state index contributed by atoms with van der Waals surface area (Å²) in [6.45, 7) is 9.38. The van der Waals surface area contributed by atoms with E-state index in [9.17, 15) is 0 Å². The third-order valence-corrected chi connectivity index (χ3v) is 5.10. The van der Waals surface area contributed by atoms with E-state index in [1.54, 1.807) is 11.1 Å². The van der Waals surface area contributed by atoms with Crippen molar-refractivity contribution in [3.8, 4) is 0 Å². The van der Waals surface area contributed by atoms with Gasteiger partial charge in [0.25, 0.3) is 0 Å². The number of fused-ring (bicyclic) bond motifs is 1. The molecule has 0 fully saturated rings. The minimum Gasteiger partial charge on any atom is -0.307 e. The fourth-order valence-electron chi connectivity index (χ4n) is 3.78. The second kappa shape index (κ2) is 7.45. The Kier molecular flexibility index (Phi) is 5.87. The molecule has 1 aliphatic rings. The molecule has 21 heavy (non-hydrogen) atoms. The van der Waals surface area contributed by atoms with Crippen LogP contribution in [0.2, 0.25) is 0 Å². The molecule has 0 saturated heterocycles. The zero-order chi connectivity index (χ0) is 15.3. The van der Waals surface area contributed by atoms with Gasteiger partial charge in [-0.1, -0.05) is 71.2 Å². The number of rotatable bonds is 7. The third kappa shape index (κ3) is 4.10. The number of benzene rings is 1. The van der Waals surface area contributed by atoms with Gasteiger partial charge in [0.2, 0.25) is 0 Å². The van der Waals surface area contributed by atoms with Gasteiger partial charge in [-0.05, 0) is 42.2 Å². The average Bonchev–Trinajstić information content (AvgIpc) is 2.48. The highest BCUT2D eigenvalue weighted by atomic mass is 15.0. The molecule has 0 aromatic heterocycles. The summed E-state index contributed by atoms with van der Waals surface area (Å²) < 4.78 is 0. The summed E-state index contributed by atoms with van der Waals surface area (Å²) in [5.74, 6) is 0. The van der Waals surface area contributed by atoms with Crippen LogP contribution in [-0.4, -0.2) is 6.04 Å². The topological polar surface area (TPSA) is 12.0 Å². The first-order valence-corrected chi connectivity index (χ1v) is 8.94. The molecule has 118 valence electrons. The van der Waals surface area contributed by atoms with Gasteiger partial charge in [-0.25, -0.2) is 0 Å². The van der Waals surface area contributed by atoms with E-state index in [0.29, 0.717) is 17.5 Å². The van der Waals surface area contributed by atoms with Gasteiger partial charge in [-0.3, -0.25) is 0 Å². The maximum absolute atomic E-state index is 3.99. The van der Waals surface area contributed by atoms with Crippen LogP contribution in [0.1, 0.15) is 89.8 Å². The first-order chi connectivity index (χ1) is 10.1. The Hall–Kier alpha value is -0.820. The van der Waals surface area contributed by atoms with Crippen LogP contribution in [0.4, 0.5) is 0 Å². The Morgan fingerprint density at radius 1 is 1.14 bits per heavy atom. The Balaban J connectivity index is 2.13. The predicted molar refractivity (Wildman–Crippen MR) is 92.8 cm³/mol. The van der Waals surface area contributed by atoms with Gasteiger partial charge in [-0.2, -0.15) is 0 Å². The SMILES string of the molecule is CCCCC(CCC)NC1CCC(C)(C)c2ccccc21. The van der Waals surface area contributed by atoms with Crippen LogP contribution in [0.3, 0.4) is 0 Å². The Morgan fingerprint density at radius 2 is 1.90 bits per heavy atom. The van der Waals surface area contributed by atoms with Crippen LogP contribution < -0.4 is 5.32 Å². The van der Waals surface area contributed by atoms with Crippen molar-refractivity contribution in [2.45, 2.75) is 90.1 Å². The van der Waals surface area contributed by atoms with Crippen LogP contribution >= 0.6 is 0 Å². The van der Waals surface area contributed by atoms with Gasteiger partial charge in [0.15, 0.2) is 0 Å². The van der Waals surface area contributed by atoms with Crippen LogP contribution in [0.5, 0.6) is 0 Å². The molecule has 0 heterocycles. The van der Waals surface area contributed by atoms with Crippen LogP contribution in [0.15, 0.2) is 24.3 Å². The Bertz CT molecular complexity index is 435. The Labute approximate surface area is 131 Å². The molecule has 0 spiro atoms. The summed E-state index contributed by atoms with van der Waals surface area (Å²) in [4.78, 5) is 0. The maximum Gasteiger partial charge on any atom is 0.0325 e. The zero-order valence-electron chi connectivity index (χ0n) is 14.4. The smallest absolute Gasteiger partial charge is 0.0325 e. The molecule has 2 rings (SSSR count). The molecule has 0 amide bonds. The van der Waals surface area contributed by atoms with Crippen molar-refractivity contribution in [1.82, 2.24) is 5.32 Å². The highest BCUT2D eigenvalue weighted by Gasteiger charge is 2.32. The van der Waals surface area contributed by atoms with Crippen molar-refractivity contribution in [2.75, 3.05) is 0 Å². The maximum atomic E-state index is 3.99. The summed E-state index contributed by atoms with van der Waals surface area (Å²) in [5.41, 5.74) is 3.43. The van der Waals surface area contributed by atoms with E-state index in [0.717, 1.165) is 0 Å². The summed E-state index contributed by atoms with van der Waals surface area (Å²) in [5, 5.41) is 3.99. The molecule has 1 heteroatoms. The minimum atomic E-state index is 0.332. The van der Waals surface area contributed by atoms with Gasteiger partial charge in [0, 0.05) is 12.1 Å². The number of hydrogen-bond acceptors (Lipinski definition) is 1. The van der Waals surface area contributed by atoms with Crippen molar-refractivity contribution in [2.24, 2.45) is 0 Å². The standard InChI is InChI=1S/C20H33N/c1-5-7-11-16(10-6-2)21-19-14-15-20(3,4)18-13-9-8-12-17(18)19/h8-9,12-13,16,19,21H,5-7,10-11,14-15H2,1-4H3. The highest BCUT2D eigenvalue weighted by Crippen LogP contribution is 2.41. The van der Waals surface area contributed by atoms with Gasteiger partial charge >= 0.3 is 0 Å². The van der Waals surface area contributed by atoms with Gasteiger partial charge in [0.05, 0.1) is 0 Å². The molecule has 2 atom stereocenters. The molecule has 1 N–H and O–H groups in total. The lowest BCUT2D eigenvalue weighted by Crippen LogP contribution is -2.38. The van der Waals surface area contributed by atoms with Gasteiger partial charge in [0.1, 0.15) is 0 Å². The molecule has 2 unspecified atom stereocenters. The lowest BCUT2D eigenvalue weighted by Gasteiger charge is -2.39. The van der Waals surface area contributed by atoms with Crippen LogP contribution in [0.25, 0.3) is 0 Å². The molecule has 0 saturated carbocycles. The van der Waals surface area contributed by atoms with Crippen LogP contribution in [-0.2, 0) is 5.41 Å². The largest absolute Gasteiger partial charge is 0.307 e. The predicted octanol–water partition coefficient (Wildman–Crippen LogP) is 5.75. The first kappa shape index (κ1) is 16.5. The lowest BCUT2D eigenvalue weighted by molar-refractivity contribution is 0.314. The first-order valence-electron chi connectivity index (χ1n) is 8.94.